The summed E-state index contributed by atoms with van der Waals surface area (Å²) in [7, 11) is 0. The van der Waals surface area contributed by atoms with Crippen molar-refractivity contribution >= 4 is 23.1 Å². The van der Waals surface area contributed by atoms with Gasteiger partial charge in [0.15, 0.2) is 5.65 Å². The van der Waals surface area contributed by atoms with Gasteiger partial charge in [0, 0.05) is 5.02 Å². The lowest BCUT2D eigenvalue weighted by Crippen LogP contribution is -2.09. The normalized spacial score (nSPS) is 12.5. The van der Waals surface area contributed by atoms with Crippen LogP contribution in [0.3, 0.4) is 0 Å². The molecule has 0 amide bonds. The number of hydrogen-bond donors (Lipinski definition) is 1. The predicted molar refractivity (Wildman–Crippen MR) is 72.1 cm³/mol. The first-order valence-corrected chi connectivity index (χ1v) is 6.17. The highest BCUT2D eigenvalue weighted by atomic mass is 35.5. The van der Waals surface area contributed by atoms with Crippen LogP contribution in [-0.2, 0) is 0 Å². The Balaban J connectivity index is 1.81. The average molecular weight is 275 g/mol. The van der Waals surface area contributed by atoms with Gasteiger partial charge in [-0.15, -0.1) is 14.8 Å². The van der Waals surface area contributed by atoms with Gasteiger partial charge in [0.25, 0.3) is 0 Å². The summed E-state index contributed by atoms with van der Waals surface area (Å²) in [5.41, 5.74) is 1.74. The number of hydrogen-bond acceptors (Lipinski definition) is 5. The van der Waals surface area contributed by atoms with E-state index in [-0.39, 0.29) is 6.04 Å². The molecule has 0 saturated carbocycles. The van der Waals surface area contributed by atoms with Gasteiger partial charge in [0.2, 0.25) is 0 Å². The van der Waals surface area contributed by atoms with Crippen molar-refractivity contribution in [2.45, 2.75) is 13.0 Å². The molecular weight excluding hydrogens is 264 g/mol. The van der Waals surface area contributed by atoms with Gasteiger partial charge in [0.1, 0.15) is 5.82 Å². The number of halogens is 1. The molecular formula is C12H11ClN6. The van der Waals surface area contributed by atoms with E-state index in [1.165, 1.54) is 4.63 Å². The van der Waals surface area contributed by atoms with E-state index >= 15 is 0 Å². The Morgan fingerprint density at radius 3 is 2.74 bits per heavy atom. The zero-order valence-corrected chi connectivity index (χ0v) is 10.9. The molecule has 0 fully saturated rings. The standard InChI is InChI=1S/C12H11ClN6/c1-8(9-2-4-10(13)5-3-9)14-11-6-7-12-15-17-18-19(12)16-11/h2-8H,1H3,(H,14,16)/t8-/m0/s1. The van der Waals surface area contributed by atoms with Gasteiger partial charge >= 0.3 is 0 Å². The zero-order chi connectivity index (χ0) is 13.2. The molecule has 6 nitrogen and oxygen atoms in total. The Hall–Kier alpha value is -2.21. The Bertz CT molecular complexity index is 693. The topological polar surface area (TPSA) is 68.0 Å². The predicted octanol–water partition coefficient (Wildman–Crippen LogP) is 2.35. The van der Waals surface area contributed by atoms with Crippen LogP contribution in [0.5, 0.6) is 0 Å². The van der Waals surface area contributed by atoms with Gasteiger partial charge in [0.05, 0.1) is 6.04 Å². The molecule has 1 aromatic carbocycles. The van der Waals surface area contributed by atoms with Crippen LogP contribution >= 0.6 is 11.6 Å². The molecule has 0 aliphatic rings. The van der Waals surface area contributed by atoms with E-state index in [4.69, 9.17) is 11.6 Å². The highest BCUT2D eigenvalue weighted by molar-refractivity contribution is 6.30. The molecule has 0 bridgehead atoms. The van der Waals surface area contributed by atoms with E-state index in [0.29, 0.717) is 11.5 Å². The van der Waals surface area contributed by atoms with Crippen LogP contribution in [0.2, 0.25) is 5.02 Å². The van der Waals surface area contributed by atoms with Gasteiger partial charge < -0.3 is 5.32 Å². The minimum absolute atomic E-state index is 0.110. The quantitative estimate of drug-likeness (QED) is 0.794. The van der Waals surface area contributed by atoms with Crippen molar-refractivity contribution in [2.75, 3.05) is 5.32 Å². The van der Waals surface area contributed by atoms with Crippen LogP contribution in [0.15, 0.2) is 36.4 Å². The Morgan fingerprint density at radius 1 is 1.16 bits per heavy atom. The van der Waals surface area contributed by atoms with Crippen molar-refractivity contribution in [3.8, 4) is 0 Å². The maximum Gasteiger partial charge on any atom is 0.200 e. The molecule has 2 aromatic heterocycles. The van der Waals surface area contributed by atoms with Gasteiger partial charge in [-0.2, -0.15) is 0 Å². The summed E-state index contributed by atoms with van der Waals surface area (Å²) in [5.74, 6) is 0.710. The molecule has 0 radical (unpaired) electrons. The summed E-state index contributed by atoms with van der Waals surface area (Å²) in [5, 5.41) is 19.4. The molecule has 0 saturated heterocycles. The van der Waals surface area contributed by atoms with Crippen molar-refractivity contribution in [3.63, 3.8) is 0 Å². The number of anilines is 1. The van der Waals surface area contributed by atoms with Crippen molar-refractivity contribution in [3.05, 3.63) is 47.0 Å². The molecule has 0 aliphatic carbocycles. The summed E-state index contributed by atoms with van der Waals surface area (Å²) in [6.45, 7) is 2.05. The first-order valence-electron chi connectivity index (χ1n) is 5.80. The van der Waals surface area contributed by atoms with E-state index in [0.717, 1.165) is 10.6 Å². The fraction of sp³-hybridized carbons (Fsp3) is 0.167. The monoisotopic (exact) mass is 274 g/mol. The van der Waals surface area contributed by atoms with E-state index < -0.39 is 0 Å². The summed E-state index contributed by atoms with van der Waals surface area (Å²) in [6, 6.07) is 11.5. The van der Waals surface area contributed by atoms with E-state index in [1.807, 2.05) is 36.4 Å². The Kier molecular flexibility index (Phi) is 3.00. The highest BCUT2D eigenvalue weighted by Crippen LogP contribution is 2.19. The molecule has 0 aliphatic heterocycles. The summed E-state index contributed by atoms with van der Waals surface area (Å²) in [6.07, 6.45) is 0. The van der Waals surface area contributed by atoms with E-state index in [2.05, 4.69) is 32.9 Å². The van der Waals surface area contributed by atoms with Gasteiger partial charge in [-0.1, -0.05) is 23.7 Å². The second-order valence-corrected chi connectivity index (χ2v) is 4.60. The van der Waals surface area contributed by atoms with Crippen LogP contribution in [0, 0.1) is 0 Å². The van der Waals surface area contributed by atoms with Crippen LogP contribution in [0.1, 0.15) is 18.5 Å². The lowest BCUT2D eigenvalue weighted by molar-refractivity contribution is 0.728. The van der Waals surface area contributed by atoms with E-state index in [9.17, 15) is 0 Å². The third-order valence-electron chi connectivity index (χ3n) is 2.80. The molecule has 3 rings (SSSR count). The third-order valence-corrected chi connectivity index (χ3v) is 3.06. The largest absolute Gasteiger partial charge is 0.362 e. The van der Waals surface area contributed by atoms with Crippen molar-refractivity contribution in [2.24, 2.45) is 0 Å². The van der Waals surface area contributed by atoms with Gasteiger partial charge in [-0.25, -0.2) is 0 Å². The van der Waals surface area contributed by atoms with Crippen LogP contribution < -0.4 is 5.32 Å². The lowest BCUT2D eigenvalue weighted by atomic mass is 10.1. The molecule has 1 N–H and O–H groups in total. The number of tetrazole rings is 1. The number of aromatic nitrogens is 5. The van der Waals surface area contributed by atoms with Crippen LogP contribution in [-0.4, -0.2) is 25.3 Å². The third kappa shape index (κ3) is 2.48. The van der Waals surface area contributed by atoms with Crippen LogP contribution in [0.25, 0.3) is 5.65 Å². The van der Waals surface area contributed by atoms with Crippen molar-refractivity contribution < 1.29 is 0 Å². The van der Waals surface area contributed by atoms with Crippen molar-refractivity contribution in [1.82, 2.24) is 25.3 Å². The summed E-state index contributed by atoms with van der Waals surface area (Å²) < 4.78 is 1.39. The second kappa shape index (κ2) is 4.81. The first-order chi connectivity index (χ1) is 9.22. The smallest absolute Gasteiger partial charge is 0.200 e. The number of rotatable bonds is 3. The molecule has 0 unspecified atom stereocenters. The Morgan fingerprint density at radius 2 is 1.95 bits per heavy atom. The lowest BCUT2D eigenvalue weighted by Gasteiger charge is -2.14. The molecule has 0 spiro atoms. The maximum atomic E-state index is 5.87. The SMILES string of the molecule is C[C@H](Nc1ccc2nnnn2n1)c1ccc(Cl)cc1. The summed E-state index contributed by atoms with van der Waals surface area (Å²) in [4.78, 5) is 0. The minimum atomic E-state index is 0.110. The molecule has 19 heavy (non-hydrogen) atoms. The minimum Gasteiger partial charge on any atom is -0.362 e. The fourth-order valence-electron chi connectivity index (χ4n) is 1.78. The van der Waals surface area contributed by atoms with Crippen molar-refractivity contribution in [1.29, 1.82) is 0 Å². The molecule has 3 aromatic rings. The van der Waals surface area contributed by atoms with E-state index in [1.54, 1.807) is 0 Å². The van der Waals surface area contributed by atoms with Gasteiger partial charge in [-0.3, -0.25) is 0 Å². The van der Waals surface area contributed by atoms with Gasteiger partial charge in [-0.05, 0) is 47.2 Å². The fourth-order valence-corrected chi connectivity index (χ4v) is 1.91. The number of fused-ring (bicyclic) bond motifs is 1. The second-order valence-electron chi connectivity index (χ2n) is 4.16. The first kappa shape index (κ1) is 11.9. The number of benzene rings is 1. The molecule has 1 atom stereocenters. The molecule has 96 valence electrons. The number of nitrogens with zero attached hydrogens (tertiary/aromatic N) is 5. The maximum absolute atomic E-state index is 5.87. The molecule has 2 heterocycles. The average Bonchev–Trinajstić information content (AvgIpc) is 2.87. The Labute approximate surface area is 114 Å². The summed E-state index contributed by atoms with van der Waals surface area (Å²) >= 11 is 5.87. The molecule has 7 heteroatoms. The highest BCUT2D eigenvalue weighted by Gasteiger charge is 2.07. The zero-order valence-electron chi connectivity index (χ0n) is 10.2. The van der Waals surface area contributed by atoms with Crippen LogP contribution in [0.4, 0.5) is 5.82 Å². The number of nitrogens with one attached hydrogen (secondary N) is 1.